The van der Waals surface area contributed by atoms with E-state index in [0.717, 1.165) is 24.8 Å². The van der Waals surface area contributed by atoms with E-state index in [0.29, 0.717) is 11.4 Å². The number of nitrogens with zero attached hydrogens (tertiary/aromatic N) is 2. The molecule has 1 aromatic heterocycles. The molecule has 0 fully saturated rings. The van der Waals surface area contributed by atoms with Crippen LogP contribution in [0.5, 0.6) is 5.75 Å². The van der Waals surface area contributed by atoms with Crippen LogP contribution in [0.4, 0.5) is 0 Å². The Morgan fingerprint density at radius 3 is 3.00 bits per heavy atom. The molecule has 3 rings (SSSR count). The first kappa shape index (κ1) is 12.9. The number of Topliss-reactive ketones (excluding diaryl/α,β-unsaturated/α-hetero) is 1. The van der Waals surface area contributed by atoms with Gasteiger partial charge >= 0.3 is 0 Å². The molecule has 20 heavy (non-hydrogen) atoms. The molecule has 0 aliphatic heterocycles. The predicted octanol–water partition coefficient (Wildman–Crippen LogP) is 2.73. The fourth-order valence-corrected chi connectivity index (χ4v) is 3.04. The van der Waals surface area contributed by atoms with Crippen molar-refractivity contribution in [2.45, 2.75) is 25.2 Å². The molecular formula is C16H18N2O2. The van der Waals surface area contributed by atoms with Gasteiger partial charge in [0.05, 0.1) is 13.3 Å². The van der Waals surface area contributed by atoms with Crippen molar-refractivity contribution >= 4 is 5.78 Å². The van der Waals surface area contributed by atoms with Crippen LogP contribution in [0.1, 0.15) is 40.4 Å². The predicted molar refractivity (Wildman–Crippen MR) is 76.2 cm³/mol. The molecule has 1 unspecified atom stereocenters. The first-order valence-electron chi connectivity index (χ1n) is 6.90. The van der Waals surface area contributed by atoms with Gasteiger partial charge in [-0.15, -0.1) is 0 Å². The van der Waals surface area contributed by atoms with Crippen molar-refractivity contribution in [1.29, 1.82) is 0 Å². The second-order valence-corrected chi connectivity index (χ2v) is 5.19. The lowest BCUT2D eigenvalue weighted by Gasteiger charge is -2.24. The Hall–Kier alpha value is -2.10. The van der Waals surface area contributed by atoms with E-state index in [-0.39, 0.29) is 11.7 Å². The molecule has 2 aromatic rings. The van der Waals surface area contributed by atoms with Gasteiger partial charge in [-0.2, -0.15) is 5.10 Å². The fourth-order valence-electron chi connectivity index (χ4n) is 3.04. The monoisotopic (exact) mass is 270 g/mol. The summed E-state index contributed by atoms with van der Waals surface area (Å²) in [6.07, 6.45) is 4.60. The van der Waals surface area contributed by atoms with Gasteiger partial charge in [0.15, 0.2) is 11.5 Å². The molecule has 1 aromatic carbocycles. The van der Waals surface area contributed by atoms with Crippen LogP contribution < -0.4 is 4.74 Å². The first-order chi connectivity index (χ1) is 9.72. The molecule has 0 saturated heterocycles. The highest BCUT2D eigenvalue weighted by Gasteiger charge is 2.30. The van der Waals surface area contributed by atoms with E-state index in [1.54, 1.807) is 25.0 Å². The Balaban J connectivity index is 2.02. The molecule has 1 atom stereocenters. The number of methoxy groups -OCH3 is 1. The summed E-state index contributed by atoms with van der Waals surface area (Å²) in [6.45, 7) is 0. The number of ether oxygens (including phenoxy) is 1. The lowest BCUT2D eigenvalue weighted by atomic mass is 9.79. The van der Waals surface area contributed by atoms with Crippen molar-refractivity contribution < 1.29 is 9.53 Å². The summed E-state index contributed by atoms with van der Waals surface area (Å²) in [5, 5.41) is 4.13. The molecule has 4 nitrogen and oxygen atoms in total. The Bertz CT molecular complexity index is 646. The molecule has 0 amide bonds. The molecule has 0 radical (unpaired) electrons. The number of aromatic nitrogens is 2. The second kappa shape index (κ2) is 5.12. The standard InChI is InChI=1S/C16H18N2O2/c1-18-15(14(20-2)10-17-18)16(19)13-9-5-7-11-6-3-4-8-12(11)13/h3-4,6,8,10,13H,5,7,9H2,1-2H3. The van der Waals surface area contributed by atoms with Crippen molar-refractivity contribution in [3.8, 4) is 5.75 Å². The molecule has 0 bridgehead atoms. The summed E-state index contributed by atoms with van der Waals surface area (Å²) < 4.78 is 6.87. The zero-order valence-electron chi connectivity index (χ0n) is 11.8. The molecule has 0 N–H and O–H groups in total. The summed E-state index contributed by atoms with van der Waals surface area (Å²) in [4.78, 5) is 12.9. The molecule has 0 saturated carbocycles. The zero-order chi connectivity index (χ0) is 14.1. The highest BCUT2D eigenvalue weighted by atomic mass is 16.5. The SMILES string of the molecule is COc1cnn(C)c1C(=O)C1CCCc2ccccc21. The van der Waals surface area contributed by atoms with Crippen LogP contribution in [0.25, 0.3) is 0 Å². The van der Waals surface area contributed by atoms with Crippen LogP contribution in [0.2, 0.25) is 0 Å². The van der Waals surface area contributed by atoms with Crippen molar-refractivity contribution in [3.05, 3.63) is 47.3 Å². The lowest BCUT2D eigenvalue weighted by molar-refractivity contribution is 0.0938. The van der Waals surface area contributed by atoms with Gasteiger partial charge < -0.3 is 4.74 Å². The number of rotatable bonds is 3. The highest BCUT2D eigenvalue weighted by Crippen LogP contribution is 2.35. The van der Waals surface area contributed by atoms with E-state index in [4.69, 9.17) is 4.74 Å². The molecular weight excluding hydrogens is 252 g/mol. The van der Waals surface area contributed by atoms with Gasteiger partial charge in [-0.25, -0.2) is 0 Å². The van der Waals surface area contributed by atoms with Gasteiger partial charge in [-0.3, -0.25) is 9.48 Å². The average Bonchev–Trinajstić information content (AvgIpc) is 2.87. The maximum absolute atomic E-state index is 12.9. The van der Waals surface area contributed by atoms with Crippen molar-refractivity contribution in [2.24, 2.45) is 7.05 Å². The Kier molecular flexibility index (Phi) is 3.30. The van der Waals surface area contributed by atoms with Crippen LogP contribution >= 0.6 is 0 Å². The molecule has 1 heterocycles. The second-order valence-electron chi connectivity index (χ2n) is 5.19. The van der Waals surface area contributed by atoms with Gasteiger partial charge in [0.1, 0.15) is 5.69 Å². The van der Waals surface area contributed by atoms with E-state index in [9.17, 15) is 4.79 Å². The van der Waals surface area contributed by atoms with Crippen LogP contribution in [0, 0.1) is 0 Å². The average molecular weight is 270 g/mol. The van der Waals surface area contributed by atoms with Gasteiger partial charge in [0, 0.05) is 13.0 Å². The number of aryl methyl sites for hydroxylation is 2. The zero-order valence-corrected chi connectivity index (χ0v) is 11.8. The number of hydrogen-bond donors (Lipinski definition) is 0. The molecule has 104 valence electrons. The largest absolute Gasteiger partial charge is 0.493 e. The maximum atomic E-state index is 12.9. The van der Waals surface area contributed by atoms with Gasteiger partial charge in [0.2, 0.25) is 0 Å². The number of ketones is 1. The topological polar surface area (TPSA) is 44.1 Å². The summed E-state index contributed by atoms with van der Waals surface area (Å²) in [7, 11) is 3.35. The van der Waals surface area contributed by atoms with E-state index in [1.165, 1.54) is 5.56 Å². The Labute approximate surface area is 118 Å². The van der Waals surface area contributed by atoms with Crippen molar-refractivity contribution in [1.82, 2.24) is 9.78 Å². The van der Waals surface area contributed by atoms with Crippen LogP contribution in [0.15, 0.2) is 30.5 Å². The fraction of sp³-hybridized carbons (Fsp3) is 0.375. The summed E-state index contributed by atoms with van der Waals surface area (Å²) in [6, 6.07) is 8.23. The minimum Gasteiger partial charge on any atom is -0.493 e. The quantitative estimate of drug-likeness (QED) is 0.805. The molecule has 1 aliphatic rings. The van der Waals surface area contributed by atoms with E-state index in [1.807, 2.05) is 12.1 Å². The van der Waals surface area contributed by atoms with Crippen LogP contribution in [-0.2, 0) is 13.5 Å². The van der Waals surface area contributed by atoms with Crippen LogP contribution in [0.3, 0.4) is 0 Å². The third kappa shape index (κ3) is 2.01. The number of benzene rings is 1. The van der Waals surface area contributed by atoms with Crippen molar-refractivity contribution in [2.75, 3.05) is 7.11 Å². The van der Waals surface area contributed by atoms with E-state index >= 15 is 0 Å². The van der Waals surface area contributed by atoms with Gasteiger partial charge in [-0.1, -0.05) is 24.3 Å². The number of carbonyl (C=O) groups excluding carboxylic acids is 1. The van der Waals surface area contributed by atoms with Crippen LogP contribution in [-0.4, -0.2) is 22.7 Å². The van der Waals surface area contributed by atoms with Gasteiger partial charge in [0.25, 0.3) is 0 Å². The summed E-state index contributed by atoms with van der Waals surface area (Å²) in [5.74, 6) is 0.582. The third-order valence-electron chi connectivity index (χ3n) is 4.04. The number of hydrogen-bond acceptors (Lipinski definition) is 3. The molecule has 4 heteroatoms. The Morgan fingerprint density at radius 1 is 1.40 bits per heavy atom. The van der Waals surface area contributed by atoms with E-state index in [2.05, 4.69) is 17.2 Å². The highest BCUT2D eigenvalue weighted by molar-refractivity contribution is 6.02. The third-order valence-corrected chi connectivity index (χ3v) is 4.04. The Morgan fingerprint density at radius 2 is 2.20 bits per heavy atom. The normalized spacial score (nSPS) is 17.6. The summed E-state index contributed by atoms with van der Waals surface area (Å²) in [5.41, 5.74) is 3.01. The molecule has 1 aliphatic carbocycles. The van der Waals surface area contributed by atoms with Crippen molar-refractivity contribution in [3.63, 3.8) is 0 Å². The lowest BCUT2D eigenvalue weighted by Crippen LogP contribution is -2.21. The number of carbonyl (C=O) groups is 1. The first-order valence-corrected chi connectivity index (χ1v) is 6.90. The molecule has 0 spiro atoms. The summed E-state index contributed by atoms with van der Waals surface area (Å²) >= 11 is 0. The smallest absolute Gasteiger partial charge is 0.192 e. The van der Waals surface area contributed by atoms with Gasteiger partial charge in [-0.05, 0) is 30.4 Å². The minimum absolute atomic E-state index is 0.0794. The number of fused-ring (bicyclic) bond motifs is 1. The van der Waals surface area contributed by atoms with E-state index < -0.39 is 0 Å². The maximum Gasteiger partial charge on any atom is 0.192 e. The minimum atomic E-state index is -0.0794.